The lowest BCUT2D eigenvalue weighted by atomic mass is 9.94. The van der Waals surface area contributed by atoms with E-state index in [9.17, 15) is 4.79 Å². The standard InChI is InChI=1S/C18H25N3O/c1-21(14-8-13-19)17(15-9-4-2-5-10-15)18(22)20-16-11-6-3-7-12-16/h2,4-5,9-10,16-17H,3,6-8,11-12,14H2,1H3,(H,20,22)/t17-/m0/s1. The zero-order valence-electron chi connectivity index (χ0n) is 13.3. The highest BCUT2D eigenvalue weighted by atomic mass is 16.2. The molecule has 0 aliphatic heterocycles. The summed E-state index contributed by atoms with van der Waals surface area (Å²) in [6.07, 6.45) is 6.26. The van der Waals surface area contributed by atoms with Crippen LogP contribution in [0.15, 0.2) is 30.3 Å². The molecule has 0 unspecified atom stereocenters. The maximum absolute atomic E-state index is 12.8. The minimum atomic E-state index is -0.323. The smallest absolute Gasteiger partial charge is 0.242 e. The zero-order chi connectivity index (χ0) is 15.8. The minimum absolute atomic E-state index is 0.0542. The van der Waals surface area contributed by atoms with E-state index < -0.39 is 0 Å². The van der Waals surface area contributed by atoms with Gasteiger partial charge in [-0.1, -0.05) is 49.6 Å². The van der Waals surface area contributed by atoms with Gasteiger partial charge in [-0.25, -0.2) is 0 Å². The summed E-state index contributed by atoms with van der Waals surface area (Å²) >= 11 is 0. The Balaban J connectivity index is 2.09. The van der Waals surface area contributed by atoms with Gasteiger partial charge in [0.15, 0.2) is 0 Å². The monoisotopic (exact) mass is 299 g/mol. The summed E-state index contributed by atoms with van der Waals surface area (Å²) in [5.74, 6) is 0.0542. The van der Waals surface area contributed by atoms with Gasteiger partial charge in [-0.15, -0.1) is 0 Å². The van der Waals surface area contributed by atoms with E-state index in [1.807, 2.05) is 42.3 Å². The fourth-order valence-corrected chi connectivity index (χ4v) is 3.12. The number of amides is 1. The van der Waals surface area contributed by atoms with Crippen LogP contribution >= 0.6 is 0 Å². The highest BCUT2D eigenvalue weighted by Gasteiger charge is 2.27. The Morgan fingerprint density at radius 1 is 1.32 bits per heavy atom. The lowest BCUT2D eigenvalue weighted by Crippen LogP contribution is -2.44. The number of benzene rings is 1. The zero-order valence-corrected chi connectivity index (χ0v) is 13.3. The summed E-state index contributed by atoms with van der Waals surface area (Å²) in [5.41, 5.74) is 0.983. The third-order valence-corrected chi connectivity index (χ3v) is 4.33. The molecule has 1 N–H and O–H groups in total. The van der Waals surface area contributed by atoms with E-state index in [1.165, 1.54) is 19.3 Å². The van der Waals surface area contributed by atoms with E-state index in [0.29, 0.717) is 19.0 Å². The van der Waals surface area contributed by atoms with E-state index in [-0.39, 0.29) is 11.9 Å². The molecule has 0 radical (unpaired) electrons. The van der Waals surface area contributed by atoms with E-state index in [4.69, 9.17) is 5.26 Å². The molecule has 1 amide bonds. The summed E-state index contributed by atoms with van der Waals surface area (Å²) < 4.78 is 0. The number of hydrogen-bond donors (Lipinski definition) is 1. The van der Waals surface area contributed by atoms with Gasteiger partial charge in [-0.3, -0.25) is 9.69 Å². The van der Waals surface area contributed by atoms with Gasteiger partial charge in [0.2, 0.25) is 5.91 Å². The van der Waals surface area contributed by atoms with Crippen LogP contribution in [0.4, 0.5) is 0 Å². The summed E-state index contributed by atoms with van der Waals surface area (Å²) in [7, 11) is 1.91. The third kappa shape index (κ3) is 4.57. The van der Waals surface area contributed by atoms with Crippen molar-refractivity contribution in [1.82, 2.24) is 10.2 Å². The molecular formula is C18H25N3O. The molecule has 0 aromatic heterocycles. The number of rotatable bonds is 6. The minimum Gasteiger partial charge on any atom is -0.352 e. The molecule has 1 aliphatic carbocycles. The molecule has 1 atom stereocenters. The number of hydrogen-bond acceptors (Lipinski definition) is 3. The van der Waals surface area contributed by atoms with Gasteiger partial charge in [0, 0.05) is 19.0 Å². The number of likely N-dealkylation sites (N-methyl/N-ethyl adjacent to an activating group) is 1. The molecule has 1 aromatic carbocycles. The van der Waals surface area contributed by atoms with E-state index in [2.05, 4.69) is 11.4 Å². The van der Waals surface area contributed by atoms with Gasteiger partial charge in [-0.05, 0) is 25.5 Å². The highest BCUT2D eigenvalue weighted by molar-refractivity contribution is 5.83. The molecular weight excluding hydrogens is 274 g/mol. The quantitative estimate of drug-likeness (QED) is 0.878. The summed E-state index contributed by atoms with van der Waals surface area (Å²) in [5, 5.41) is 12.0. The first-order valence-electron chi connectivity index (χ1n) is 8.15. The van der Waals surface area contributed by atoms with Crippen molar-refractivity contribution >= 4 is 5.91 Å². The predicted molar refractivity (Wildman–Crippen MR) is 87.1 cm³/mol. The lowest BCUT2D eigenvalue weighted by molar-refractivity contribution is -0.127. The van der Waals surface area contributed by atoms with Crippen molar-refractivity contribution in [3.05, 3.63) is 35.9 Å². The van der Waals surface area contributed by atoms with Gasteiger partial charge in [0.1, 0.15) is 6.04 Å². The Morgan fingerprint density at radius 2 is 2.00 bits per heavy atom. The topological polar surface area (TPSA) is 56.1 Å². The SMILES string of the molecule is CN(CCC#N)[C@H](C(=O)NC1CCCCC1)c1ccccc1. The Hall–Kier alpha value is -1.86. The molecule has 2 rings (SSSR count). The maximum atomic E-state index is 12.8. The van der Waals surface area contributed by atoms with Crippen LogP contribution in [0.5, 0.6) is 0 Å². The molecule has 0 heterocycles. The normalized spacial score (nSPS) is 17.0. The first-order valence-corrected chi connectivity index (χ1v) is 8.15. The molecule has 118 valence electrons. The average molecular weight is 299 g/mol. The number of nitriles is 1. The van der Waals surface area contributed by atoms with Crippen LogP contribution in [0.2, 0.25) is 0 Å². The maximum Gasteiger partial charge on any atom is 0.242 e. The molecule has 1 aromatic rings. The second kappa shape index (κ2) is 8.55. The predicted octanol–water partition coefficient (Wildman–Crippen LogP) is 3.02. The van der Waals surface area contributed by atoms with Crippen LogP contribution in [-0.4, -0.2) is 30.4 Å². The molecule has 1 saturated carbocycles. The van der Waals surface area contributed by atoms with Gasteiger partial charge in [0.25, 0.3) is 0 Å². The molecule has 4 nitrogen and oxygen atoms in total. The number of nitrogens with one attached hydrogen (secondary N) is 1. The van der Waals surface area contributed by atoms with E-state index in [0.717, 1.165) is 18.4 Å². The van der Waals surface area contributed by atoms with Crippen LogP contribution in [0.25, 0.3) is 0 Å². The Morgan fingerprint density at radius 3 is 2.64 bits per heavy atom. The number of nitrogens with zero attached hydrogens (tertiary/aromatic N) is 2. The van der Waals surface area contributed by atoms with E-state index in [1.54, 1.807) is 0 Å². The van der Waals surface area contributed by atoms with Crippen molar-refractivity contribution < 1.29 is 4.79 Å². The Bertz CT molecular complexity index is 503. The van der Waals surface area contributed by atoms with Crippen LogP contribution < -0.4 is 5.32 Å². The van der Waals surface area contributed by atoms with Gasteiger partial charge in [-0.2, -0.15) is 5.26 Å². The molecule has 0 bridgehead atoms. The van der Waals surface area contributed by atoms with Crippen LogP contribution in [0.1, 0.15) is 50.1 Å². The van der Waals surface area contributed by atoms with Crippen molar-refractivity contribution in [3.8, 4) is 6.07 Å². The van der Waals surface area contributed by atoms with Gasteiger partial charge < -0.3 is 5.32 Å². The first kappa shape index (κ1) is 16.5. The average Bonchev–Trinajstić information content (AvgIpc) is 2.55. The molecule has 1 fully saturated rings. The van der Waals surface area contributed by atoms with Gasteiger partial charge >= 0.3 is 0 Å². The van der Waals surface area contributed by atoms with E-state index >= 15 is 0 Å². The Labute approximate surface area is 133 Å². The fourth-order valence-electron chi connectivity index (χ4n) is 3.12. The van der Waals surface area contributed by atoms with Crippen LogP contribution in [0.3, 0.4) is 0 Å². The second-order valence-electron chi connectivity index (χ2n) is 6.05. The molecule has 0 spiro atoms. The number of carbonyl (C=O) groups is 1. The molecule has 0 saturated heterocycles. The van der Waals surface area contributed by atoms with Crippen molar-refractivity contribution in [2.24, 2.45) is 0 Å². The van der Waals surface area contributed by atoms with Crippen LogP contribution in [-0.2, 0) is 4.79 Å². The third-order valence-electron chi connectivity index (χ3n) is 4.33. The van der Waals surface area contributed by atoms with Crippen LogP contribution in [0, 0.1) is 11.3 Å². The second-order valence-corrected chi connectivity index (χ2v) is 6.05. The summed E-state index contributed by atoms with van der Waals surface area (Å²) in [6, 6.07) is 12.0. The molecule has 4 heteroatoms. The van der Waals surface area contributed by atoms with Gasteiger partial charge in [0.05, 0.1) is 6.07 Å². The van der Waals surface area contributed by atoms with Crippen molar-refractivity contribution in [2.75, 3.05) is 13.6 Å². The number of carbonyl (C=O) groups excluding carboxylic acids is 1. The fraction of sp³-hybridized carbons (Fsp3) is 0.556. The lowest BCUT2D eigenvalue weighted by Gasteiger charge is -2.30. The van der Waals surface area contributed by atoms with Crippen molar-refractivity contribution in [1.29, 1.82) is 5.26 Å². The summed E-state index contributed by atoms with van der Waals surface area (Å²) in [6.45, 7) is 0.591. The molecule has 22 heavy (non-hydrogen) atoms. The van der Waals surface area contributed by atoms with Crippen molar-refractivity contribution in [2.45, 2.75) is 50.6 Å². The van der Waals surface area contributed by atoms with Crippen molar-refractivity contribution in [3.63, 3.8) is 0 Å². The first-order chi connectivity index (χ1) is 10.7. The Kier molecular flexibility index (Phi) is 6.42. The molecule has 1 aliphatic rings. The highest BCUT2D eigenvalue weighted by Crippen LogP contribution is 2.22. The summed E-state index contributed by atoms with van der Waals surface area (Å²) in [4.78, 5) is 14.7. The largest absolute Gasteiger partial charge is 0.352 e.